The fourth-order valence-corrected chi connectivity index (χ4v) is 4.45. The van der Waals surface area contributed by atoms with Crippen molar-refractivity contribution in [3.8, 4) is 11.6 Å². The van der Waals surface area contributed by atoms with E-state index in [0.29, 0.717) is 11.4 Å². The molecule has 0 N–H and O–H groups in total. The number of hydrogen-bond donors (Lipinski definition) is 0. The SMILES string of the molecule is COC(=O)c1cnc(Oc2ccc(C3CC4CCC3C4)cc2)c(C)c1. The van der Waals surface area contributed by atoms with Gasteiger partial charge in [0.05, 0.1) is 12.7 Å². The molecule has 4 nitrogen and oxygen atoms in total. The molecular weight excluding hydrogens is 314 g/mol. The molecule has 25 heavy (non-hydrogen) atoms. The maximum Gasteiger partial charge on any atom is 0.339 e. The molecule has 2 aliphatic carbocycles. The molecule has 1 aromatic carbocycles. The molecule has 1 aromatic heterocycles. The third-order valence-corrected chi connectivity index (χ3v) is 5.71. The van der Waals surface area contributed by atoms with Gasteiger partial charge in [0.2, 0.25) is 5.88 Å². The molecule has 130 valence electrons. The van der Waals surface area contributed by atoms with Crippen molar-refractivity contribution >= 4 is 5.97 Å². The molecule has 2 bridgehead atoms. The molecule has 0 aliphatic heterocycles. The Morgan fingerprint density at radius 3 is 2.56 bits per heavy atom. The zero-order valence-corrected chi connectivity index (χ0v) is 14.7. The summed E-state index contributed by atoms with van der Waals surface area (Å²) in [6.45, 7) is 1.87. The Labute approximate surface area is 148 Å². The number of carbonyl (C=O) groups excluding carboxylic acids is 1. The lowest BCUT2D eigenvalue weighted by Crippen LogP contribution is -2.08. The highest BCUT2D eigenvalue weighted by Gasteiger charge is 2.39. The molecule has 4 heteroatoms. The van der Waals surface area contributed by atoms with E-state index in [9.17, 15) is 4.79 Å². The minimum atomic E-state index is -0.391. The van der Waals surface area contributed by atoms with Crippen molar-refractivity contribution in [2.24, 2.45) is 11.8 Å². The molecule has 4 rings (SSSR count). The van der Waals surface area contributed by atoms with Gasteiger partial charge in [-0.15, -0.1) is 0 Å². The molecule has 0 spiro atoms. The highest BCUT2D eigenvalue weighted by molar-refractivity contribution is 5.89. The van der Waals surface area contributed by atoms with Crippen LogP contribution in [-0.2, 0) is 4.74 Å². The van der Waals surface area contributed by atoms with Crippen LogP contribution in [0.3, 0.4) is 0 Å². The molecule has 3 unspecified atom stereocenters. The van der Waals surface area contributed by atoms with E-state index < -0.39 is 5.97 Å². The van der Waals surface area contributed by atoms with E-state index in [0.717, 1.165) is 29.1 Å². The predicted molar refractivity (Wildman–Crippen MR) is 95.0 cm³/mol. The molecular formula is C21H23NO3. The second-order valence-electron chi connectivity index (χ2n) is 7.29. The van der Waals surface area contributed by atoms with Gasteiger partial charge in [-0.2, -0.15) is 0 Å². The summed E-state index contributed by atoms with van der Waals surface area (Å²) in [6.07, 6.45) is 7.06. The summed E-state index contributed by atoms with van der Waals surface area (Å²) in [7, 11) is 1.36. The number of esters is 1. The van der Waals surface area contributed by atoms with Gasteiger partial charge < -0.3 is 9.47 Å². The summed E-state index contributed by atoms with van der Waals surface area (Å²) in [5, 5.41) is 0. The van der Waals surface area contributed by atoms with Crippen molar-refractivity contribution < 1.29 is 14.3 Å². The Morgan fingerprint density at radius 2 is 1.96 bits per heavy atom. The van der Waals surface area contributed by atoms with Gasteiger partial charge in [-0.3, -0.25) is 0 Å². The lowest BCUT2D eigenvalue weighted by molar-refractivity contribution is 0.0600. The molecule has 2 aromatic rings. The molecule has 0 saturated heterocycles. The van der Waals surface area contributed by atoms with Gasteiger partial charge in [0.15, 0.2) is 0 Å². The fourth-order valence-electron chi connectivity index (χ4n) is 4.45. The third-order valence-electron chi connectivity index (χ3n) is 5.71. The van der Waals surface area contributed by atoms with Crippen LogP contribution in [-0.4, -0.2) is 18.1 Å². The number of nitrogens with zero attached hydrogens (tertiary/aromatic N) is 1. The number of benzene rings is 1. The molecule has 2 fully saturated rings. The average Bonchev–Trinajstić information content (AvgIpc) is 3.27. The van der Waals surface area contributed by atoms with Crippen molar-refractivity contribution in [3.63, 3.8) is 0 Å². The second kappa shape index (κ2) is 6.51. The average molecular weight is 337 g/mol. The van der Waals surface area contributed by atoms with Gasteiger partial charge in [-0.1, -0.05) is 18.6 Å². The first-order chi connectivity index (χ1) is 12.1. The van der Waals surface area contributed by atoms with E-state index in [1.165, 1.54) is 44.6 Å². The minimum Gasteiger partial charge on any atom is -0.465 e. The zero-order chi connectivity index (χ0) is 17.4. The smallest absolute Gasteiger partial charge is 0.339 e. The molecule has 3 atom stereocenters. The predicted octanol–water partition coefficient (Wildman–Crippen LogP) is 4.87. The number of methoxy groups -OCH3 is 1. The lowest BCUT2D eigenvalue weighted by atomic mass is 9.83. The topological polar surface area (TPSA) is 48.4 Å². The van der Waals surface area contributed by atoms with Crippen LogP contribution >= 0.6 is 0 Å². The number of fused-ring (bicyclic) bond motifs is 2. The number of aryl methyl sites for hydroxylation is 1. The van der Waals surface area contributed by atoms with E-state index in [-0.39, 0.29) is 0 Å². The molecule has 2 aliphatic rings. The summed E-state index contributed by atoms with van der Waals surface area (Å²) in [6, 6.07) is 10.2. The van der Waals surface area contributed by atoms with Crippen molar-refractivity contribution in [3.05, 3.63) is 53.2 Å². The number of rotatable bonds is 4. The van der Waals surface area contributed by atoms with Crippen LogP contribution in [0, 0.1) is 18.8 Å². The van der Waals surface area contributed by atoms with Crippen molar-refractivity contribution in [1.82, 2.24) is 4.98 Å². The quantitative estimate of drug-likeness (QED) is 0.747. The number of carbonyl (C=O) groups is 1. The van der Waals surface area contributed by atoms with Crippen molar-refractivity contribution in [1.29, 1.82) is 0 Å². The van der Waals surface area contributed by atoms with Crippen molar-refractivity contribution in [2.75, 3.05) is 7.11 Å². The first kappa shape index (κ1) is 16.1. The van der Waals surface area contributed by atoms with E-state index >= 15 is 0 Å². The molecule has 1 heterocycles. The summed E-state index contributed by atoms with van der Waals surface area (Å²) in [4.78, 5) is 15.8. The number of pyridine rings is 1. The Bertz CT molecular complexity index is 784. The van der Waals surface area contributed by atoms with Gasteiger partial charge in [0.1, 0.15) is 5.75 Å². The highest BCUT2D eigenvalue weighted by Crippen LogP contribution is 2.52. The van der Waals surface area contributed by atoms with E-state index in [4.69, 9.17) is 9.47 Å². The summed E-state index contributed by atoms with van der Waals surface area (Å²) in [5.41, 5.74) is 2.67. The van der Waals surface area contributed by atoms with E-state index in [2.05, 4.69) is 17.1 Å². The van der Waals surface area contributed by atoms with Crippen LogP contribution in [0.4, 0.5) is 0 Å². The Hall–Kier alpha value is -2.36. The number of hydrogen-bond acceptors (Lipinski definition) is 4. The molecule has 2 saturated carbocycles. The van der Waals surface area contributed by atoms with Gasteiger partial charge >= 0.3 is 5.97 Å². The fraction of sp³-hybridized carbons (Fsp3) is 0.429. The van der Waals surface area contributed by atoms with Crippen LogP contribution < -0.4 is 4.74 Å². The van der Waals surface area contributed by atoms with Gasteiger partial charge in [-0.05, 0) is 67.7 Å². The van der Waals surface area contributed by atoms with Gasteiger partial charge in [0, 0.05) is 11.8 Å². The van der Waals surface area contributed by atoms with E-state index in [1.54, 1.807) is 6.07 Å². The third kappa shape index (κ3) is 3.13. The number of ether oxygens (including phenoxy) is 2. The van der Waals surface area contributed by atoms with Crippen LogP contribution in [0.25, 0.3) is 0 Å². The zero-order valence-electron chi connectivity index (χ0n) is 14.7. The largest absolute Gasteiger partial charge is 0.465 e. The first-order valence-corrected chi connectivity index (χ1v) is 8.97. The van der Waals surface area contributed by atoms with Crippen LogP contribution in [0.15, 0.2) is 36.5 Å². The Kier molecular flexibility index (Phi) is 4.20. The Morgan fingerprint density at radius 1 is 1.16 bits per heavy atom. The van der Waals surface area contributed by atoms with Gasteiger partial charge in [-0.25, -0.2) is 9.78 Å². The Balaban J connectivity index is 1.47. The van der Waals surface area contributed by atoms with Crippen LogP contribution in [0.5, 0.6) is 11.6 Å². The van der Waals surface area contributed by atoms with Crippen LogP contribution in [0.2, 0.25) is 0 Å². The molecule has 0 radical (unpaired) electrons. The summed E-state index contributed by atoms with van der Waals surface area (Å²) in [5.74, 6) is 3.45. The second-order valence-corrected chi connectivity index (χ2v) is 7.29. The maximum absolute atomic E-state index is 11.5. The van der Waals surface area contributed by atoms with Crippen LogP contribution in [0.1, 0.15) is 53.1 Å². The standard InChI is InChI=1S/C21H23NO3/c1-13-9-17(21(23)24-2)12-22-20(13)25-18-7-5-15(6-8-18)19-11-14-3-4-16(19)10-14/h5-9,12,14,16,19H,3-4,10-11H2,1-2H3. The lowest BCUT2D eigenvalue weighted by Gasteiger charge is -2.22. The number of aromatic nitrogens is 1. The first-order valence-electron chi connectivity index (χ1n) is 8.97. The maximum atomic E-state index is 11.5. The minimum absolute atomic E-state index is 0.391. The van der Waals surface area contributed by atoms with Gasteiger partial charge in [0.25, 0.3) is 0 Å². The highest BCUT2D eigenvalue weighted by atomic mass is 16.5. The monoisotopic (exact) mass is 337 g/mol. The normalized spacial score (nSPS) is 24.3. The summed E-state index contributed by atoms with van der Waals surface area (Å²) < 4.78 is 10.6. The molecule has 0 amide bonds. The van der Waals surface area contributed by atoms with E-state index in [1.807, 2.05) is 19.1 Å². The van der Waals surface area contributed by atoms with Crippen molar-refractivity contribution in [2.45, 2.75) is 38.5 Å². The summed E-state index contributed by atoms with van der Waals surface area (Å²) >= 11 is 0.